The topological polar surface area (TPSA) is 123 Å². The van der Waals surface area contributed by atoms with Crippen molar-refractivity contribution in [1.82, 2.24) is 15.3 Å². The molecule has 2 aromatic heterocycles. The molecule has 0 aliphatic carbocycles. The second kappa shape index (κ2) is 14.1. The summed E-state index contributed by atoms with van der Waals surface area (Å²) in [5.74, 6) is 1.65. The van der Waals surface area contributed by atoms with E-state index in [0.29, 0.717) is 36.5 Å². The van der Waals surface area contributed by atoms with Gasteiger partial charge in [0.15, 0.2) is 17.4 Å². The predicted octanol–water partition coefficient (Wildman–Crippen LogP) is 7.90. The molecular formula is C36H42FN5O3S. The maximum atomic E-state index is 15.5. The van der Waals surface area contributed by atoms with E-state index in [1.54, 1.807) is 25.4 Å². The number of carboxylic acids is 1. The largest absolute Gasteiger partial charge is 0.481 e. The summed E-state index contributed by atoms with van der Waals surface area (Å²) >= 11 is 1.86. The molecule has 0 unspecified atom stereocenters. The molecule has 5 rings (SSSR count). The van der Waals surface area contributed by atoms with Gasteiger partial charge in [0.2, 0.25) is 0 Å². The van der Waals surface area contributed by atoms with E-state index >= 15 is 4.39 Å². The van der Waals surface area contributed by atoms with Crippen molar-refractivity contribution in [3.8, 4) is 11.5 Å². The van der Waals surface area contributed by atoms with Crippen molar-refractivity contribution in [2.75, 3.05) is 18.6 Å². The number of amidine groups is 2. The molecule has 0 saturated carbocycles. The average molecular weight is 644 g/mol. The molecule has 0 radical (unpaired) electrons. The molecule has 46 heavy (non-hydrogen) atoms. The number of rotatable bonds is 4. The lowest BCUT2D eigenvalue weighted by molar-refractivity contribution is -0.136. The Morgan fingerprint density at radius 2 is 2.00 bits per heavy atom. The van der Waals surface area contributed by atoms with Crippen LogP contribution in [0.3, 0.4) is 0 Å². The second-order valence-electron chi connectivity index (χ2n) is 12.9. The van der Waals surface area contributed by atoms with Gasteiger partial charge in [0.1, 0.15) is 17.3 Å². The number of aliphatic imine (C=N–C) groups is 1. The fraction of sp³-hybridized carbons (Fsp3) is 0.389. The number of ether oxygens (including phenoxy) is 1. The number of halogens is 1. The van der Waals surface area contributed by atoms with Gasteiger partial charge in [0.05, 0.1) is 5.41 Å². The number of carboxylic acid groups (broad SMARTS) is 1. The minimum Gasteiger partial charge on any atom is -0.481 e. The Morgan fingerprint density at radius 3 is 2.78 bits per heavy atom. The van der Waals surface area contributed by atoms with Crippen molar-refractivity contribution in [3.05, 3.63) is 89.1 Å². The number of fused-ring (bicyclic) bond motifs is 5. The highest BCUT2D eigenvalue weighted by Crippen LogP contribution is 2.38. The smallest absolute Gasteiger partial charge is 0.303 e. The molecule has 2 bridgehead atoms. The van der Waals surface area contributed by atoms with Gasteiger partial charge in [-0.25, -0.2) is 9.38 Å². The molecule has 0 amide bonds. The summed E-state index contributed by atoms with van der Waals surface area (Å²) in [5.41, 5.74) is 3.16. The number of hydrogen-bond donors (Lipinski definition) is 4. The lowest BCUT2D eigenvalue weighted by atomic mass is 9.75. The molecule has 1 aliphatic rings. The van der Waals surface area contributed by atoms with Crippen LogP contribution in [0.2, 0.25) is 0 Å². The fourth-order valence-corrected chi connectivity index (χ4v) is 7.21. The summed E-state index contributed by atoms with van der Waals surface area (Å²) in [5, 5.41) is 22.6. The summed E-state index contributed by atoms with van der Waals surface area (Å²) in [6.45, 7) is 6.57. The average Bonchev–Trinajstić information content (AvgIpc) is 3.49. The zero-order valence-electron chi connectivity index (χ0n) is 26.9. The normalized spacial score (nSPS) is 20.5. The minimum atomic E-state index is -0.841. The number of H-pyrrole nitrogens is 1. The molecule has 0 fully saturated rings. The molecule has 1 aliphatic heterocycles. The first-order valence-electron chi connectivity index (χ1n) is 15.7. The Balaban J connectivity index is 1.57. The summed E-state index contributed by atoms with van der Waals surface area (Å²) in [7, 11) is 1.73. The van der Waals surface area contributed by atoms with Crippen molar-refractivity contribution in [1.29, 1.82) is 5.41 Å². The van der Waals surface area contributed by atoms with Crippen molar-refractivity contribution >= 4 is 40.3 Å². The number of aryl methyl sites for hydroxylation is 2. The monoisotopic (exact) mass is 643 g/mol. The van der Waals surface area contributed by atoms with E-state index in [4.69, 9.17) is 9.73 Å². The van der Waals surface area contributed by atoms with E-state index in [0.717, 1.165) is 51.9 Å². The van der Waals surface area contributed by atoms with Crippen LogP contribution in [0.1, 0.15) is 68.8 Å². The fourth-order valence-electron chi connectivity index (χ4n) is 6.02. The molecule has 4 N–H and O–H groups in total. The number of benzene rings is 2. The third-order valence-electron chi connectivity index (χ3n) is 8.75. The van der Waals surface area contributed by atoms with Crippen LogP contribution >= 0.6 is 11.8 Å². The molecule has 0 saturated heterocycles. The zero-order chi connectivity index (χ0) is 32.9. The Hall–Kier alpha value is -4.18. The predicted molar refractivity (Wildman–Crippen MR) is 184 cm³/mol. The highest BCUT2D eigenvalue weighted by atomic mass is 32.2. The van der Waals surface area contributed by atoms with Gasteiger partial charge in [-0.2, -0.15) is 11.8 Å². The number of nitrogens with one attached hydrogen (secondary N) is 3. The van der Waals surface area contributed by atoms with Crippen LogP contribution in [0, 0.1) is 16.6 Å². The molecule has 1 atom stereocenters. The Bertz CT molecular complexity index is 1770. The number of aromatic nitrogens is 2. The van der Waals surface area contributed by atoms with Crippen molar-refractivity contribution < 1.29 is 19.0 Å². The molecule has 3 heterocycles. The SMILES string of the molecule is CN/C1=N\C(=N)[C@@](C)(c2cccc(CCC(=O)O)c2)CCCC(C)(C)CSCCc2c(c(F)cc3[nH]ccc23)Oc2ccnc1c2. The van der Waals surface area contributed by atoms with Gasteiger partial charge in [0, 0.05) is 54.5 Å². The van der Waals surface area contributed by atoms with Gasteiger partial charge >= 0.3 is 5.97 Å². The van der Waals surface area contributed by atoms with Crippen LogP contribution in [0.5, 0.6) is 11.5 Å². The number of aromatic amines is 1. The third kappa shape index (κ3) is 7.61. The first-order chi connectivity index (χ1) is 22.0. The molecule has 242 valence electrons. The van der Waals surface area contributed by atoms with Gasteiger partial charge in [-0.05, 0) is 72.8 Å². The second-order valence-corrected chi connectivity index (χ2v) is 14.0. The van der Waals surface area contributed by atoms with Crippen molar-refractivity contribution in [2.24, 2.45) is 10.4 Å². The zero-order valence-corrected chi connectivity index (χ0v) is 27.7. The third-order valence-corrected chi connectivity index (χ3v) is 10.2. The number of carbonyl (C=O) groups is 1. The number of nitrogens with zero attached hydrogens (tertiary/aromatic N) is 2. The van der Waals surface area contributed by atoms with Crippen LogP contribution in [0.25, 0.3) is 10.9 Å². The maximum Gasteiger partial charge on any atom is 0.303 e. The van der Waals surface area contributed by atoms with Crippen LogP contribution in [0.4, 0.5) is 4.39 Å². The minimum absolute atomic E-state index is 0.0357. The molecule has 0 spiro atoms. The quantitative estimate of drug-likeness (QED) is 0.179. The first kappa shape index (κ1) is 33.2. The summed E-state index contributed by atoms with van der Waals surface area (Å²) < 4.78 is 21.8. The van der Waals surface area contributed by atoms with Gasteiger partial charge in [0.25, 0.3) is 0 Å². The van der Waals surface area contributed by atoms with E-state index in [2.05, 4.69) is 29.1 Å². The lowest BCUT2D eigenvalue weighted by Gasteiger charge is -2.32. The van der Waals surface area contributed by atoms with E-state index in [-0.39, 0.29) is 23.4 Å². The number of pyridine rings is 1. The van der Waals surface area contributed by atoms with Crippen LogP contribution < -0.4 is 10.1 Å². The number of aliphatic carboxylic acids is 1. The van der Waals surface area contributed by atoms with Crippen LogP contribution in [-0.2, 0) is 23.1 Å². The summed E-state index contributed by atoms with van der Waals surface area (Å²) in [6.07, 6.45) is 7.03. The van der Waals surface area contributed by atoms with Crippen molar-refractivity contribution in [2.45, 2.75) is 64.7 Å². The Labute approximate surface area is 273 Å². The Kier molecular flexibility index (Phi) is 10.2. The molecule has 4 aromatic rings. The number of thioether (sulfide) groups is 1. The molecule has 10 heteroatoms. The van der Waals surface area contributed by atoms with Gasteiger partial charge < -0.3 is 20.1 Å². The maximum absolute atomic E-state index is 15.5. The summed E-state index contributed by atoms with van der Waals surface area (Å²) in [4.78, 5) is 23.7. The first-order valence-corrected chi connectivity index (χ1v) is 16.8. The Morgan fingerprint density at radius 1 is 1.17 bits per heavy atom. The summed E-state index contributed by atoms with van der Waals surface area (Å²) in [6, 6.07) is 14.7. The van der Waals surface area contributed by atoms with E-state index < -0.39 is 17.2 Å². The van der Waals surface area contributed by atoms with Gasteiger partial charge in [-0.3, -0.25) is 15.2 Å². The standard InChI is InChI=1S/C36H42FN5O3S/c1-35(2)14-6-15-36(3,24-8-5-7-23(19-24)9-10-31(43)44)34(38)42-33(39-4)30-20-25(11-16-41-30)45-32-27(13-18-46-22-35)26-12-17-40-29(26)21-28(32)37/h5,7-8,11-12,16-17,19-21,40H,6,9-10,13-15,18,22H2,1-4H3,(H,43,44)(H2,38,39,42)/t36-/m1/s1. The highest BCUT2D eigenvalue weighted by Gasteiger charge is 2.33. The lowest BCUT2D eigenvalue weighted by Crippen LogP contribution is -2.34. The van der Waals surface area contributed by atoms with Crippen LogP contribution in [0.15, 0.2) is 65.9 Å². The van der Waals surface area contributed by atoms with Gasteiger partial charge in [-0.1, -0.05) is 44.5 Å². The highest BCUT2D eigenvalue weighted by molar-refractivity contribution is 7.99. The molecular weight excluding hydrogens is 601 g/mol. The number of hydrogen-bond acceptors (Lipinski definition) is 6. The molecule has 2 aromatic carbocycles. The van der Waals surface area contributed by atoms with E-state index in [1.165, 1.54) is 6.07 Å². The van der Waals surface area contributed by atoms with Gasteiger partial charge in [-0.15, -0.1) is 0 Å². The van der Waals surface area contributed by atoms with E-state index in [1.807, 2.05) is 55.2 Å². The van der Waals surface area contributed by atoms with Crippen molar-refractivity contribution in [3.63, 3.8) is 0 Å². The van der Waals surface area contributed by atoms with E-state index in [9.17, 15) is 15.3 Å². The molecule has 8 nitrogen and oxygen atoms in total. The van der Waals surface area contributed by atoms with Crippen LogP contribution in [-0.4, -0.2) is 51.3 Å².